The van der Waals surface area contributed by atoms with Crippen molar-refractivity contribution in [3.8, 4) is 11.5 Å². The van der Waals surface area contributed by atoms with E-state index >= 15 is 0 Å². The number of oxime groups is 1. The fourth-order valence-electron chi connectivity index (χ4n) is 2.62. The summed E-state index contributed by atoms with van der Waals surface area (Å²) in [6, 6.07) is 17.9. The monoisotopic (exact) mass is 385 g/mol. The van der Waals surface area contributed by atoms with Crippen LogP contribution in [0.25, 0.3) is 10.8 Å². The Morgan fingerprint density at radius 3 is 2.71 bits per heavy atom. The van der Waals surface area contributed by atoms with Crippen LogP contribution in [0.15, 0.2) is 64.2 Å². The molecule has 0 aromatic heterocycles. The third-order valence-electron chi connectivity index (χ3n) is 3.72. The van der Waals surface area contributed by atoms with Crippen molar-refractivity contribution in [1.29, 1.82) is 0 Å². The highest BCUT2D eigenvalue weighted by atomic mass is 79.9. The standard InChI is InChI=1S/C19H16BrNO3/c1-23-18-10-16(20)9-15(11-21-22)19(18)24-12-14-7-4-6-13-5-2-3-8-17(13)14/h2-11,22H,12H2,1H3. The van der Waals surface area contributed by atoms with E-state index in [2.05, 4.69) is 39.3 Å². The van der Waals surface area contributed by atoms with Gasteiger partial charge < -0.3 is 14.7 Å². The molecule has 0 fully saturated rings. The van der Waals surface area contributed by atoms with Gasteiger partial charge in [-0.25, -0.2) is 0 Å². The minimum atomic E-state index is 0.381. The molecule has 0 aliphatic rings. The summed E-state index contributed by atoms with van der Waals surface area (Å²) in [5, 5.41) is 14.3. The summed E-state index contributed by atoms with van der Waals surface area (Å²) in [5.74, 6) is 1.10. The molecule has 3 rings (SSSR count). The second-order valence-corrected chi connectivity index (χ2v) is 6.11. The van der Waals surface area contributed by atoms with E-state index in [0.717, 1.165) is 15.4 Å². The molecule has 1 N–H and O–H groups in total. The first kappa shape index (κ1) is 16.3. The second-order valence-electron chi connectivity index (χ2n) is 5.20. The normalized spacial score (nSPS) is 11.1. The van der Waals surface area contributed by atoms with E-state index in [-0.39, 0.29) is 0 Å². The predicted octanol–water partition coefficient (Wildman–Crippen LogP) is 5.00. The number of hydrogen-bond donors (Lipinski definition) is 1. The number of fused-ring (bicyclic) bond motifs is 1. The van der Waals surface area contributed by atoms with Crippen molar-refractivity contribution in [2.75, 3.05) is 7.11 Å². The van der Waals surface area contributed by atoms with Gasteiger partial charge in [-0.2, -0.15) is 0 Å². The largest absolute Gasteiger partial charge is 0.493 e. The van der Waals surface area contributed by atoms with Gasteiger partial charge in [-0.3, -0.25) is 0 Å². The van der Waals surface area contributed by atoms with Crippen LogP contribution in [0.5, 0.6) is 11.5 Å². The first-order chi connectivity index (χ1) is 11.7. The molecule has 0 spiro atoms. The summed E-state index contributed by atoms with van der Waals surface area (Å²) < 4.78 is 12.2. The van der Waals surface area contributed by atoms with Crippen molar-refractivity contribution in [2.45, 2.75) is 6.61 Å². The average molecular weight is 386 g/mol. The zero-order valence-electron chi connectivity index (χ0n) is 13.1. The van der Waals surface area contributed by atoms with Crippen LogP contribution in [0.4, 0.5) is 0 Å². The summed E-state index contributed by atoms with van der Waals surface area (Å²) >= 11 is 3.41. The number of benzene rings is 3. The first-order valence-electron chi connectivity index (χ1n) is 7.37. The SMILES string of the molecule is COc1cc(Br)cc(C=NO)c1OCc1cccc2ccccc12. The van der Waals surface area contributed by atoms with Crippen molar-refractivity contribution in [2.24, 2.45) is 5.16 Å². The van der Waals surface area contributed by atoms with Crippen LogP contribution in [0.2, 0.25) is 0 Å². The minimum absolute atomic E-state index is 0.381. The number of halogens is 1. The molecule has 0 amide bonds. The average Bonchev–Trinajstić information content (AvgIpc) is 2.60. The smallest absolute Gasteiger partial charge is 0.170 e. The van der Waals surface area contributed by atoms with Crippen molar-refractivity contribution >= 4 is 32.9 Å². The van der Waals surface area contributed by atoms with E-state index in [1.165, 1.54) is 11.6 Å². The molecule has 3 aromatic carbocycles. The minimum Gasteiger partial charge on any atom is -0.493 e. The maximum Gasteiger partial charge on any atom is 0.170 e. The van der Waals surface area contributed by atoms with Crippen LogP contribution in [0.1, 0.15) is 11.1 Å². The van der Waals surface area contributed by atoms with Crippen LogP contribution in [0.3, 0.4) is 0 Å². The molecule has 24 heavy (non-hydrogen) atoms. The molecule has 5 heteroatoms. The Morgan fingerprint density at radius 2 is 1.92 bits per heavy atom. The molecule has 0 radical (unpaired) electrons. The highest BCUT2D eigenvalue weighted by Crippen LogP contribution is 2.35. The van der Waals surface area contributed by atoms with E-state index in [9.17, 15) is 0 Å². The number of ether oxygens (including phenoxy) is 2. The van der Waals surface area contributed by atoms with Gasteiger partial charge in [0, 0.05) is 10.0 Å². The van der Waals surface area contributed by atoms with Crippen molar-refractivity contribution in [3.63, 3.8) is 0 Å². The third kappa shape index (κ3) is 3.36. The fraction of sp³-hybridized carbons (Fsp3) is 0.105. The Morgan fingerprint density at radius 1 is 1.12 bits per heavy atom. The Hall–Kier alpha value is -2.53. The molecular weight excluding hydrogens is 370 g/mol. The highest BCUT2D eigenvalue weighted by Gasteiger charge is 2.13. The molecule has 4 nitrogen and oxygen atoms in total. The van der Waals surface area contributed by atoms with Gasteiger partial charge in [0.05, 0.1) is 13.3 Å². The van der Waals surface area contributed by atoms with E-state index in [1.807, 2.05) is 30.3 Å². The number of nitrogens with zero attached hydrogens (tertiary/aromatic N) is 1. The van der Waals surface area contributed by atoms with Crippen molar-refractivity contribution in [1.82, 2.24) is 0 Å². The van der Waals surface area contributed by atoms with E-state index in [4.69, 9.17) is 14.7 Å². The van der Waals surface area contributed by atoms with Gasteiger partial charge in [0.2, 0.25) is 0 Å². The predicted molar refractivity (Wildman–Crippen MR) is 98.4 cm³/mol. The molecule has 0 saturated heterocycles. The van der Waals surface area contributed by atoms with Gasteiger partial charge in [-0.1, -0.05) is 63.6 Å². The van der Waals surface area contributed by atoms with Crippen LogP contribution in [-0.4, -0.2) is 18.5 Å². The highest BCUT2D eigenvalue weighted by molar-refractivity contribution is 9.10. The van der Waals surface area contributed by atoms with Gasteiger partial charge in [0.25, 0.3) is 0 Å². The Labute approximate surface area is 148 Å². The van der Waals surface area contributed by atoms with Crippen molar-refractivity contribution in [3.05, 3.63) is 70.2 Å². The zero-order chi connectivity index (χ0) is 16.9. The Balaban J connectivity index is 1.96. The van der Waals surface area contributed by atoms with Gasteiger partial charge >= 0.3 is 0 Å². The second kappa shape index (κ2) is 7.36. The summed E-state index contributed by atoms with van der Waals surface area (Å²) in [7, 11) is 1.58. The van der Waals surface area contributed by atoms with E-state index < -0.39 is 0 Å². The van der Waals surface area contributed by atoms with Gasteiger partial charge in [0.1, 0.15) is 6.61 Å². The molecule has 0 heterocycles. The molecule has 0 saturated carbocycles. The molecule has 0 bridgehead atoms. The molecular formula is C19H16BrNO3. The topological polar surface area (TPSA) is 51.0 Å². The first-order valence-corrected chi connectivity index (χ1v) is 8.16. The Bertz CT molecular complexity index is 888. The van der Waals surface area contributed by atoms with Crippen LogP contribution in [-0.2, 0) is 6.61 Å². The molecule has 0 aliphatic heterocycles. The summed E-state index contributed by atoms with van der Waals surface area (Å²) in [6.07, 6.45) is 1.33. The summed E-state index contributed by atoms with van der Waals surface area (Å²) in [6.45, 7) is 0.381. The summed E-state index contributed by atoms with van der Waals surface area (Å²) in [5.41, 5.74) is 1.70. The van der Waals surface area contributed by atoms with Gasteiger partial charge in [-0.15, -0.1) is 0 Å². The Kier molecular flexibility index (Phi) is 5.01. The maximum atomic E-state index is 8.88. The maximum absolute atomic E-state index is 8.88. The zero-order valence-corrected chi connectivity index (χ0v) is 14.7. The van der Waals surface area contributed by atoms with Crippen molar-refractivity contribution < 1.29 is 14.7 Å². The van der Waals surface area contributed by atoms with Gasteiger partial charge in [-0.05, 0) is 28.5 Å². The summed E-state index contributed by atoms with van der Waals surface area (Å²) in [4.78, 5) is 0. The quantitative estimate of drug-likeness (QED) is 0.382. The molecule has 0 unspecified atom stereocenters. The third-order valence-corrected chi connectivity index (χ3v) is 4.17. The molecule has 0 atom stereocenters. The lowest BCUT2D eigenvalue weighted by Gasteiger charge is -2.15. The lowest BCUT2D eigenvalue weighted by molar-refractivity contribution is 0.284. The van der Waals surface area contributed by atoms with Gasteiger partial charge in [0.15, 0.2) is 11.5 Å². The van der Waals surface area contributed by atoms with E-state index in [0.29, 0.717) is 23.7 Å². The van der Waals surface area contributed by atoms with Crippen LogP contribution < -0.4 is 9.47 Å². The number of rotatable bonds is 5. The lowest BCUT2D eigenvalue weighted by Crippen LogP contribution is -2.02. The lowest BCUT2D eigenvalue weighted by atomic mass is 10.1. The van der Waals surface area contributed by atoms with Crippen LogP contribution >= 0.6 is 15.9 Å². The fourth-order valence-corrected chi connectivity index (χ4v) is 3.08. The molecule has 122 valence electrons. The van der Waals surface area contributed by atoms with E-state index in [1.54, 1.807) is 13.2 Å². The molecule has 0 aliphatic carbocycles. The molecule has 3 aromatic rings. The number of methoxy groups -OCH3 is 1. The number of hydrogen-bond acceptors (Lipinski definition) is 4. The van der Waals surface area contributed by atoms with Crippen LogP contribution in [0, 0.1) is 0 Å².